The van der Waals surface area contributed by atoms with Gasteiger partial charge in [-0.05, 0) is 62.1 Å². The molecule has 0 atom stereocenters. The van der Waals surface area contributed by atoms with Crippen LogP contribution in [0.1, 0.15) is 19.8 Å². The second-order valence-electron chi connectivity index (χ2n) is 6.15. The van der Waals surface area contributed by atoms with E-state index < -0.39 is 10.0 Å². The summed E-state index contributed by atoms with van der Waals surface area (Å²) in [5.41, 5.74) is 1.29. The number of carbonyl (C=O) groups is 1. The summed E-state index contributed by atoms with van der Waals surface area (Å²) in [5, 5.41) is 2.85. The zero-order valence-electron chi connectivity index (χ0n) is 16.3. The number of nitrogens with one attached hydrogen (secondary N) is 1. The molecule has 0 saturated heterocycles. The van der Waals surface area contributed by atoms with Gasteiger partial charge in [0.15, 0.2) is 0 Å². The van der Waals surface area contributed by atoms with Crippen LogP contribution in [0.3, 0.4) is 0 Å². The second kappa shape index (κ2) is 10.4. The predicted molar refractivity (Wildman–Crippen MR) is 116 cm³/mol. The van der Waals surface area contributed by atoms with E-state index in [-0.39, 0.29) is 18.9 Å². The minimum absolute atomic E-state index is 0.140. The fraction of sp³-hybridized carbons (Fsp3) is 0.350. The van der Waals surface area contributed by atoms with Crippen LogP contribution in [0.4, 0.5) is 11.4 Å². The van der Waals surface area contributed by atoms with Gasteiger partial charge in [-0.25, -0.2) is 8.42 Å². The zero-order valence-corrected chi connectivity index (χ0v) is 18.0. The van der Waals surface area contributed by atoms with Crippen LogP contribution in [0.2, 0.25) is 0 Å². The third-order valence-corrected chi connectivity index (χ3v) is 5.87. The van der Waals surface area contributed by atoms with Crippen LogP contribution in [-0.4, -0.2) is 40.0 Å². The van der Waals surface area contributed by atoms with E-state index in [9.17, 15) is 13.2 Å². The molecule has 2 aromatic rings. The lowest BCUT2D eigenvalue weighted by molar-refractivity contribution is -0.116. The van der Waals surface area contributed by atoms with Gasteiger partial charge in [-0.15, -0.1) is 11.8 Å². The Hall–Kier alpha value is -2.19. The van der Waals surface area contributed by atoms with Crippen molar-refractivity contribution < 1.29 is 17.9 Å². The first kappa shape index (κ1) is 22.1. The van der Waals surface area contributed by atoms with E-state index in [1.54, 1.807) is 36.0 Å². The minimum Gasteiger partial charge on any atom is -0.494 e. The monoisotopic (exact) mass is 422 g/mol. The maximum Gasteiger partial charge on any atom is 0.232 e. The highest BCUT2D eigenvalue weighted by molar-refractivity contribution is 7.98. The smallest absolute Gasteiger partial charge is 0.232 e. The van der Waals surface area contributed by atoms with Crippen molar-refractivity contribution in [2.75, 3.05) is 35.3 Å². The Bertz CT molecular complexity index is 883. The summed E-state index contributed by atoms with van der Waals surface area (Å²) in [6, 6.07) is 14.5. The van der Waals surface area contributed by atoms with Crippen LogP contribution in [0.15, 0.2) is 53.4 Å². The maximum absolute atomic E-state index is 12.2. The van der Waals surface area contributed by atoms with Gasteiger partial charge >= 0.3 is 0 Å². The quantitative estimate of drug-likeness (QED) is 0.586. The first-order valence-corrected chi connectivity index (χ1v) is 12.0. The van der Waals surface area contributed by atoms with E-state index in [1.807, 2.05) is 37.4 Å². The number of nitrogens with zero attached hydrogens (tertiary/aromatic N) is 1. The Morgan fingerprint density at radius 3 is 2.50 bits per heavy atom. The van der Waals surface area contributed by atoms with Gasteiger partial charge in [0.1, 0.15) is 5.75 Å². The number of hydrogen-bond acceptors (Lipinski definition) is 5. The number of thioether (sulfide) groups is 1. The van der Waals surface area contributed by atoms with Crippen LogP contribution in [0, 0.1) is 0 Å². The Balaban J connectivity index is 1.95. The van der Waals surface area contributed by atoms with Crippen molar-refractivity contribution in [3.05, 3.63) is 48.5 Å². The van der Waals surface area contributed by atoms with Gasteiger partial charge in [-0.1, -0.05) is 6.07 Å². The first-order valence-electron chi connectivity index (χ1n) is 8.98. The Labute approximate surface area is 171 Å². The van der Waals surface area contributed by atoms with Crippen molar-refractivity contribution in [3.63, 3.8) is 0 Å². The second-order valence-corrected chi connectivity index (χ2v) is 8.93. The van der Waals surface area contributed by atoms with Gasteiger partial charge in [0.2, 0.25) is 15.9 Å². The largest absolute Gasteiger partial charge is 0.494 e. The van der Waals surface area contributed by atoms with Crippen molar-refractivity contribution in [1.29, 1.82) is 0 Å². The molecule has 0 bridgehead atoms. The lowest BCUT2D eigenvalue weighted by Gasteiger charge is -2.22. The Morgan fingerprint density at radius 1 is 1.18 bits per heavy atom. The normalized spacial score (nSPS) is 11.1. The summed E-state index contributed by atoms with van der Waals surface area (Å²) in [5.74, 6) is 0.546. The summed E-state index contributed by atoms with van der Waals surface area (Å²) in [6.07, 6.45) is 3.78. The molecule has 28 heavy (non-hydrogen) atoms. The lowest BCUT2D eigenvalue weighted by Crippen LogP contribution is -2.31. The van der Waals surface area contributed by atoms with Crippen molar-refractivity contribution in [2.45, 2.75) is 24.7 Å². The molecular formula is C20H26N2O4S2. The predicted octanol–water partition coefficient (Wildman–Crippen LogP) is 3.99. The third-order valence-electron chi connectivity index (χ3n) is 3.95. The fourth-order valence-corrected chi connectivity index (χ4v) is 4.09. The molecule has 8 heteroatoms. The topological polar surface area (TPSA) is 75.7 Å². The molecule has 2 aromatic carbocycles. The molecule has 0 aliphatic carbocycles. The molecular weight excluding hydrogens is 396 g/mol. The third kappa shape index (κ3) is 6.76. The summed E-state index contributed by atoms with van der Waals surface area (Å²) in [4.78, 5) is 13.3. The Kier molecular flexibility index (Phi) is 8.19. The number of amides is 1. The zero-order chi connectivity index (χ0) is 20.6. The number of sulfonamides is 1. The highest BCUT2D eigenvalue weighted by atomic mass is 32.2. The molecule has 0 fully saturated rings. The van der Waals surface area contributed by atoms with Gasteiger partial charge in [-0.2, -0.15) is 0 Å². The lowest BCUT2D eigenvalue weighted by atomic mass is 10.2. The van der Waals surface area contributed by atoms with Gasteiger partial charge in [0, 0.05) is 23.5 Å². The molecule has 152 valence electrons. The van der Waals surface area contributed by atoms with Crippen LogP contribution in [0.25, 0.3) is 0 Å². The SMILES string of the molecule is CCOc1ccc(N(CCCC(=O)Nc2cccc(SC)c2)S(C)(=O)=O)cc1. The van der Waals surface area contributed by atoms with Crippen molar-refractivity contribution in [1.82, 2.24) is 0 Å². The van der Waals surface area contributed by atoms with E-state index in [0.29, 0.717) is 24.5 Å². The van der Waals surface area contributed by atoms with Crippen molar-refractivity contribution >= 4 is 39.1 Å². The summed E-state index contributed by atoms with van der Waals surface area (Å²) in [6.45, 7) is 2.66. The molecule has 0 unspecified atom stereocenters. The molecule has 0 saturated carbocycles. The molecule has 1 amide bonds. The summed E-state index contributed by atoms with van der Waals surface area (Å²) < 4.78 is 31.0. The fourth-order valence-electron chi connectivity index (χ4n) is 2.67. The highest BCUT2D eigenvalue weighted by Crippen LogP contribution is 2.23. The molecule has 6 nitrogen and oxygen atoms in total. The number of carbonyl (C=O) groups excluding carboxylic acids is 1. The van der Waals surface area contributed by atoms with Gasteiger partial charge in [0.25, 0.3) is 0 Å². The number of rotatable bonds is 10. The Morgan fingerprint density at radius 2 is 1.89 bits per heavy atom. The average molecular weight is 423 g/mol. The summed E-state index contributed by atoms with van der Waals surface area (Å²) >= 11 is 1.60. The maximum atomic E-state index is 12.2. The molecule has 0 spiro atoms. The molecule has 0 aliphatic heterocycles. The van der Waals surface area contributed by atoms with E-state index in [2.05, 4.69) is 5.32 Å². The molecule has 0 aromatic heterocycles. The number of hydrogen-bond donors (Lipinski definition) is 1. The van der Waals surface area contributed by atoms with Crippen LogP contribution >= 0.6 is 11.8 Å². The number of anilines is 2. The van der Waals surface area contributed by atoms with E-state index in [1.165, 1.54) is 4.31 Å². The van der Waals surface area contributed by atoms with E-state index >= 15 is 0 Å². The molecule has 0 aliphatic rings. The minimum atomic E-state index is -3.45. The van der Waals surface area contributed by atoms with Gasteiger partial charge < -0.3 is 10.1 Å². The van der Waals surface area contributed by atoms with E-state index in [4.69, 9.17) is 4.74 Å². The molecule has 0 heterocycles. The van der Waals surface area contributed by atoms with Crippen LogP contribution in [0.5, 0.6) is 5.75 Å². The van der Waals surface area contributed by atoms with Crippen molar-refractivity contribution in [3.8, 4) is 5.75 Å². The number of ether oxygens (including phenoxy) is 1. The number of benzene rings is 2. The highest BCUT2D eigenvalue weighted by Gasteiger charge is 2.17. The molecule has 0 radical (unpaired) electrons. The molecule has 2 rings (SSSR count). The van der Waals surface area contributed by atoms with Crippen LogP contribution in [-0.2, 0) is 14.8 Å². The summed E-state index contributed by atoms with van der Waals surface area (Å²) in [7, 11) is -3.45. The van der Waals surface area contributed by atoms with E-state index in [0.717, 1.165) is 16.8 Å². The van der Waals surface area contributed by atoms with Gasteiger partial charge in [-0.3, -0.25) is 9.10 Å². The average Bonchev–Trinajstić information content (AvgIpc) is 2.65. The van der Waals surface area contributed by atoms with Gasteiger partial charge in [0.05, 0.1) is 18.6 Å². The standard InChI is InChI=1S/C20H26N2O4S2/c1-4-26-18-12-10-17(11-13-18)22(28(3,24)25)14-6-9-20(23)21-16-7-5-8-19(15-16)27-2/h5,7-8,10-13,15H,4,6,9,14H2,1-3H3,(H,21,23). The first-order chi connectivity index (χ1) is 13.3. The molecule has 1 N–H and O–H groups in total. The van der Waals surface area contributed by atoms with Crippen molar-refractivity contribution in [2.24, 2.45) is 0 Å². The van der Waals surface area contributed by atoms with Crippen LogP contribution < -0.4 is 14.4 Å².